The van der Waals surface area contributed by atoms with Gasteiger partial charge in [-0.15, -0.1) is 0 Å². The number of amides is 2. The summed E-state index contributed by atoms with van der Waals surface area (Å²) in [6, 6.07) is 7.62. The van der Waals surface area contributed by atoms with Crippen molar-refractivity contribution in [3.05, 3.63) is 30.6 Å². The molecule has 2 aromatic rings. The minimum atomic E-state index is -0.226. The van der Waals surface area contributed by atoms with Gasteiger partial charge in [-0.05, 0) is 6.07 Å². The van der Waals surface area contributed by atoms with E-state index in [1.54, 1.807) is 0 Å². The number of carbonyl (C=O) groups is 2. The standard InChI is InChI=1S/C13H14N4O2S/c1-14-11(18)6-15-12(19)7-20-13-9-4-2-3-5-10(9)16-8-17-13/h2-5,8H,6-7H2,1H3,(H,14,18)(H,15,19). The molecule has 0 unspecified atom stereocenters. The third-order valence-corrected chi connectivity index (χ3v) is 3.58. The molecule has 0 atom stereocenters. The summed E-state index contributed by atoms with van der Waals surface area (Å²) in [6.45, 7) is -0.0135. The molecule has 20 heavy (non-hydrogen) atoms. The highest BCUT2D eigenvalue weighted by molar-refractivity contribution is 8.00. The number of hydrogen-bond acceptors (Lipinski definition) is 5. The molecule has 0 aliphatic carbocycles. The predicted molar refractivity (Wildman–Crippen MR) is 77.3 cm³/mol. The molecule has 1 aromatic carbocycles. The minimum absolute atomic E-state index is 0.0135. The van der Waals surface area contributed by atoms with Crippen molar-refractivity contribution in [2.75, 3.05) is 19.3 Å². The zero-order chi connectivity index (χ0) is 14.4. The van der Waals surface area contributed by atoms with Crippen LogP contribution in [-0.2, 0) is 9.59 Å². The smallest absolute Gasteiger partial charge is 0.239 e. The van der Waals surface area contributed by atoms with Gasteiger partial charge in [-0.25, -0.2) is 9.97 Å². The van der Waals surface area contributed by atoms with Crippen LogP contribution in [0.4, 0.5) is 0 Å². The number of benzene rings is 1. The number of aromatic nitrogens is 2. The monoisotopic (exact) mass is 290 g/mol. The number of para-hydroxylation sites is 1. The fourth-order valence-corrected chi connectivity index (χ4v) is 2.37. The van der Waals surface area contributed by atoms with Crippen molar-refractivity contribution in [2.24, 2.45) is 0 Å². The van der Waals surface area contributed by atoms with Crippen LogP contribution in [-0.4, -0.2) is 41.1 Å². The summed E-state index contributed by atoms with van der Waals surface area (Å²) in [5.74, 6) is -0.227. The third kappa shape index (κ3) is 3.67. The quantitative estimate of drug-likeness (QED) is 0.622. The number of nitrogens with zero attached hydrogens (tertiary/aromatic N) is 2. The lowest BCUT2D eigenvalue weighted by Gasteiger charge is -2.05. The van der Waals surface area contributed by atoms with E-state index < -0.39 is 0 Å². The van der Waals surface area contributed by atoms with Crippen LogP contribution in [0.2, 0.25) is 0 Å². The molecule has 2 rings (SSSR count). The maximum Gasteiger partial charge on any atom is 0.239 e. The van der Waals surface area contributed by atoms with Crippen molar-refractivity contribution in [2.45, 2.75) is 5.03 Å². The van der Waals surface area contributed by atoms with Crippen molar-refractivity contribution in [3.8, 4) is 0 Å². The number of thioether (sulfide) groups is 1. The Morgan fingerprint density at radius 2 is 2.00 bits per heavy atom. The molecule has 0 saturated carbocycles. The Hall–Kier alpha value is -2.15. The number of rotatable bonds is 5. The first-order valence-electron chi connectivity index (χ1n) is 6.00. The van der Waals surface area contributed by atoms with Crippen LogP contribution in [0.15, 0.2) is 35.6 Å². The second-order valence-corrected chi connectivity index (χ2v) is 4.90. The molecule has 0 aliphatic rings. The van der Waals surface area contributed by atoms with Gasteiger partial charge in [0.05, 0.1) is 17.8 Å². The molecular formula is C13H14N4O2S. The van der Waals surface area contributed by atoms with Gasteiger partial charge in [0.15, 0.2) is 0 Å². The molecular weight excluding hydrogens is 276 g/mol. The van der Waals surface area contributed by atoms with Gasteiger partial charge in [-0.2, -0.15) is 0 Å². The number of carbonyl (C=O) groups excluding carboxylic acids is 2. The molecule has 0 spiro atoms. The number of nitrogens with one attached hydrogen (secondary N) is 2. The maximum atomic E-state index is 11.6. The summed E-state index contributed by atoms with van der Waals surface area (Å²) in [5, 5.41) is 6.64. The van der Waals surface area contributed by atoms with Crippen molar-refractivity contribution in [1.29, 1.82) is 0 Å². The molecule has 0 saturated heterocycles. The van der Waals surface area contributed by atoms with Gasteiger partial charge < -0.3 is 10.6 Å². The normalized spacial score (nSPS) is 10.2. The predicted octanol–water partition coefficient (Wildman–Crippen LogP) is 0.584. The van der Waals surface area contributed by atoms with Crippen molar-refractivity contribution < 1.29 is 9.59 Å². The first kappa shape index (κ1) is 14.3. The molecule has 0 aliphatic heterocycles. The number of likely N-dealkylation sites (N-methyl/N-ethyl adjacent to an activating group) is 1. The minimum Gasteiger partial charge on any atom is -0.358 e. The highest BCUT2D eigenvalue weighted by atomic mass is 32.2. The van der Waals surface area contributed by atoms with Crippen LogP contribution < -0.4 is 10.6 Å². The van der Waals surface area contributed by atoms with Crippen LogP contribution >= 0.6 is 11.8 Å². The van der Waals surface area contributed by atoms with Crippen molar-refractivity contribution in [1.82, 2.24) is 20.6 Å². The summed E-state index contributed by atoms with van der Waals surface area (Å²) in [4.78, 5) is 31.0. The topological polar surface area (TPSA) is 84.0 Å². The Bertz CT molecular complexity index is 627. The van der Waals surface area contributed by atoms with Crippen LogP contribution in [0, 0.1) is 0 Å². The number of hydrogen-bond donors (Lipinski definition) is 2. The van der Waals surface area contributed by atoms with E-state index in [0.29, 0.717) is 0 Å². The van der Waals surface area contributed by atoms with Gasteiger partial charge in [-0.3, -0.25) is 9.59 Å². The molecule has 1 aromatic heterocycles. The summed E-state index contributed by atoms with van der Waals surface area (Å²) >= 11 is 1.32. The van der Waals surface area contributed by atoms with E-state index in [-0.39, 0.29) is 24.1 Å². The van der Waals surface area contributed by atoms with Gasteiger partial charge >= 0.3 is 0 Å². The first-order valence-corrected chi connectivity index (χ1v) is 6.99. The van der Waals surface area contributed by atoms with E-state index in [4.69, 9.17) is 0 Å². The van der Waals surface area contributed by atoms with Gasteiger partial charge in [0, 0.05) is 12.4 Å². The Morgan fingerprint density at radius 1 is 1.20 bits per heavy atom. The van der Waals surface area contributed by atoms with Crippen molar-refractivity contribution >= 4 is 34.5 Å². The van der Waals surface area contributed by atoms with Crippen LogP contribution in [0.5, 0.6) is 0 Å². The third-order valence-electron chi connectivity index (χ3n) is 2.57. The summed E-state index contributed by atoms with van der Waals surface area (Å²) < 4.78 is 0. The van der Waals surface area contributed by atoms with Crippen molar-refractivity contribution in [3.63, 3.8) is 0 Å². The lowest BCUT2D eigenvalue weighted by atomic mass is 10.2. The first-order chi connectivity index (χ1) is 9.70. The van der Waals surface area contributed by atoms with Gasteiger partial charge in [0.2, 0.25) is 11.8 Å². The summed E-state index contributed by atoms with van der Waals surface area (Å²) in [5.41, 5.74) is 0.843. The molecule has 0 bridgehead atoms. The summed E-state index contributed by atoms with van der Waals surface area (Å²) in [6.07, 6.45) is 1.48. The molecule has 6 nitrogen and oxygen atoms in total. The largest absolute Gasteiger partial charge is 0.358 e. The van der Waals surface area contributed by atoms with Gasteiger partial charge in [-0.1, -0.05) is 30.0 Å². The Morgan fingerprint density at radius 3 is 2.80 bits per heavy atom. The van der Waals surface area contributed by atoms with E-state index in [0.717, 1.165) is 15.9 Å². The zero-order valence-electron chi connectivity index (χ0n) is 10.9. The SMILES string of the molecule is CNC(=O)CNC(=O)CSc1ncnc2ccccc12. The molecule has 0 radical (unpaired) electrons. The zero-order valence-corrected chi connectivity index (χ0v) is 11.7. The van der Waals surface area contributed by atoms with E-state index in [9.17, 15) is 9.59 Å². The Balaban J connectivity index is 1.96. The molecule has 1 heterocycles. The maximum absolute atomic E-state index is 11.6. The van der Waals surface area contributed by atoms with E-state index in [1.165, 1.54) is 25.1 Å². The lowest BCUT2D eigenvalue weighted by molar-refractivity contribution is -0.124. The van der Waals surface area contributed by atoms with Gasteiger partial charge in [0.1, 0.15) is 11.4 Å². The Kier molecular flexibility index (Phi) is 4.89. The van der Waals surface area contributed by atoms with Crippen LogP contribution in [0.25, 0.3) is 10.9 Å². The molecule has 2 amide bonds. The van der Waals surface area contributed by atoms with Gasteiger partial charge in [0.25, 0.3) is 0 Å². The average Bonchev–Trinajstić information content (AvgIpc) is 2.50. The molecule has 0 fully saturated rings. The van der Waals surface area contributed by atoms with Crippen LogP contribution in [0.3, 0.4) is 0 Å². The molecule has 104 valence electrons. The fraction of sp³-hybridized carbons (Fsp3) is 0.231. The van der Waals surface area contributed by atoms with E-state index in [1.807, 2.05) is 24.3 Å². The highest BCUT2D eigenvalue weighted by Gasteiger charge is 2.08. The van der Waals surface area contributed by atoms with E-state index in [2.05, 4.69) is 20.6 Å². The van der Waals surface area contributed by atoms with E-state index >= 15 is 0 Å². The second kappa shape index (κ2) is 6.85. The number of fused-ring (bicyclic) bond motifs is 1. The molecule has 2 N–H and O–H groups in total. The highest BCUT2D eigenvalue weighted by Crippen LogP contribution is 2.23. The molecule has 7 heteroatoms. The van der Waals surface area contributed by atoms with Crippen LogP contribution in [0.1, 0.15) is 0 Å². The summed E-state index contributed by atoms with van der Waals surface area (Å²) in [7, 11) is 1.52. The Labute approximate surface area is 120 Å². The second-order valence-electron chi connectivity index (χ2n) is 3.93. The lowest BCUT2D eigenvalue weighted by Crippen LogP contribution is -2.36. The average molecular weight is 290 g/mol. The fourth-order valence-electron chi connectivity index (χ4n) is 1.55.